The van der Waals surface area contributed by atoms with Crippen molar-refractivity contribution >= 4 is 35.5 Å². The van der Waals surface area contributed by atoms with Crippen LogP contribution in [0.2, 0.25) is 0 Å². The van der Waals surface area contributed by atoms with E-state index in [-0.39, 0.29) is 55.4 Å². The fourth-order valence-corrected chi connectivity index (χ4v) is 9.11. The Morgan fingerprint density at radius 1 is 0.584 bits per heavy atom. The SMILES string of the molecule is CNC(=O)CCOCCOCCOCCN(CCOCCOCCOCCn1cc(C)nn1)CCOCCOCCOCCn1cc(CNC(=O)CCOCCOCCNC(=O)CCCCC2SCC3NC(=O)NC32)nn1. The first kappa shape index (κ1) is 65.3. The van der Waals surface area contributed by atoms with Gasteiger partial charge in [-0.25, -0.2) is 14.2 Å². The van der Waals surface area contributed by atoms with Crippen molar-refractivity contribution in [3.05, 3.63) is 23.8 Å². The summed E-state index contributed by atoms with van der Waals surface area (Å²) in [5, 5.41) is 30.8. The summed E-state index contributed by atoms with van der Waals surface area (Å²) in [5.41, 5.74) is 1.51. The molecule has 5 N–H and O–H groups in total. The van der Waals surface area contributed by atoms with Crippen LogP contribution in [0.1, 0.15) is 49.9 Å². The highest BCUT2D eigenvalue weighted by molar-refractivity contribution is 8.00. The van der Waals surface area contributed by atoms with Crippen molar-refractivity contribution in [2.24, 2.45) is 0 Å². The quantitative estimate of drug-likeness (QED) is 0.0406. The lowest BCUT2D eigenvalue weighted by atomic mass is 10.0. The number of carbonyl (C=O) groups is 4. The number of aromatic nitrogens is 6. The molecule has 4 rings (SSSR count). The lowest BCUT2D eigenvalue weighted by Gasteiger charge is -2.22. The van der Waals surface area contributed by atoms with Gasteiger partial charge in [0.15, 0.2) is 0 Å². The van der Waals surface area contributed by atoms with Gasteiger partial charge in [-0.2, -0.15) is 11.8 Å². The third kappa shape index (κ3) is 33.1. The molecule has 2 saturated heterocycles. The second-order valence-corrected chi connectivity index (χ2v) is 19.1. The average molecular weight is 1120 g/mol. The minimum absolute atomic E-state index is 0.00651. The minimum Gasteiger partial charge on any atom is -0.379 e. The van der Waals surface area contributed by atoms with Crippen LogP contribution in [0.25, 0.3) is 0 Å². The first-order chi connectivity index (χ1) is 37.8. The molecule has 440 valence electrons. The van der Waals surface area contributed by atoms with Crippen LogP contribution in [0.3, 0.4) is 0 Å². The molecule has 2 fully saturated rings. The monoisotopic (exact) mass is 1120 g/mol. The first-order valence-electron chi connectivity index (χ1n) is 27.0. The molecule has 28 heteroatoms. The molecule has 0 saturated carbocycles. The largest absolute Gasteiger partial charge is 0.379 e. The third-order valence-corrected chi connectivity index (χ3v) is 13.3. The number of hydrogen-bond acceptors (Lipinski definition) is 21. The zero-order chi connectivity index (χ0) is 54.6. The summed E-state index contributed by atoms with van der Waals surface area (Å²) in [6.45, 7) is 15.5. The number of urea groups is 1. The van der Waals surface area contributed by atoms with Gasteiger partial charge in [0.25, 0.3) is 0 Å². The second kappa shape index (κ2) is 43.7. The predicted octanol–water partition coefficient (Wildman–Crippen LogP) is -0.653. The van der Waals surface area contributed by atoms with E-state index in [2.05, 4.69) is 52.1 Å². The summed E-state index contributed by atoms with van der Waals surface area (Å²) in [4.78, 5) is 49.5. The maximum atomic E-state index is 12.3. The number of ether oxygens (including phenoxy) is 11. The molecule has 2 aromatic heterocycles. The van der Waals surface area contributed by atoms with Crippen molar-refractivity contribution in [3.63, 3.8) is 0 Å². The highest BCUT2D eigenvalue weighted by atomic mass is 32.2. The van der Waals surface area contributed by atoms with E-state index in [1.807, 2.05) is 24.9 Å². The summed E-state index contributed by atoms with van der Waals surface area (Å²) in [6, 6.07) is 0.342. The lowest BCUT2D eigenvalue weighted by molar-refractivity contribution is -0.123. The van der Waals surface area contributed by atoms with Crippen LogP contribution < -0.4 is 26.6 Å². The van der Waals surface area contributed by atoms with Gasteiger partial charge in [-0.3, -0.25) is 19.3 Å². The molecule has 0 aliphatic carbocycles. The van der Waals surface area contributed by atoms with E-state index in [4.69, 9.17) is 52.1 Å². The summed E-state index contributed by atoms with van der Waals surface area (Å²) >= 11 is 1.89. The molecule has 3 unspecified atom stereocenters. The molecular formula is C49H88N12O15S. The maximum Gasteiger partial charge on any atom is 0.315 e. The number of rotatable bonds is 52. The van der Waals surface area contributed by atoms with Gasteiger partial charge in [0.2, 0.25) is 17.7 Å². The van der Waals surface area contributed by atoms with E-state index in [1.165, 1.54) is 0 Å². The molecule has 0 radical (unpaired) electrons. The zero-order valence-electron chi connectivity index (χ0n) is 45.5. The molecule has 0 bridgehead atoms. The van der Waals surface area contributed by atoms with Gasteiger partial charge in [0.05, 0.1) is 189 Å². The number of carbonyl (C=O) groups excluding carboxylic acids is 4. The van der Waals surface area contributed by atoms with Gasteiger partial charge < -0.3 is 78.7 Å². The number of hydrogen-bond donors (Lipinski definition) is 5. The highest BCUT2D eigenvalue weighted by Crippen LogP contribution is 2.33. The molecule has 77 heavy (non-hydrogen) atoms. The van der Waals surface area contributed by atoms with E-state index >= 15 is 0 Å². The van der Waals surface area contributed by atoms with Crippen LogP contribution in [0, 0.1) is 6.92 Å². The van der Waals surface area contributed by atoms with Gasteiger partial charge in [-0.05, 0) is 19.8 Å². The number of unbranched alkanes of at least 4 members (excludes halogenated alkanes) is 1. The Morgan fingerprint density at radius 3 is 1.61 bits per heavy atom. The topological polar surface area (TPSA) is 295 Å². The van der Waals surface area contributed by atoms with Crippen LogP contribution in [0.4, 0.5) is 4.79 Å². The van der Waals surface area contributed by atoms with E-state index in [1.54, 1.807) is 22.6 Å². The summed E-state index contributed by atoms with van der Waals surface area (Å²) < 4.78 is 65.5. The molecule has 2 aliphatic rings. The lowest BCUT2D eigenvalue weighted by Crippen LogP contribution is -2.36. The maximum absolute atomic E-state index is 12.3. The van der Waals surface area contributed by atoms with Crippen molar-refractivity contribution in [3.8, 4) is 0 Å². The predicted molar refractivity (Wildman–Crippen MR) is 282 cm³/mol. The Balaban J connectivity index is 0.907. The van der Waals surface area contributed by atoms with Crippen molar-refractivity contribution in [2.45, 2.75) is 82.4 Å². The number of nitrogens with zero attached hydrogens (tertiary/aromatic N) is 7. The molecule has 0 spiro atoms. The van der Waals surface area contributed by atoms with E-state index in [0.29, 0.717) is 202 Å². The van der Waals surface area contributed by atoms with Gasteiger partial charge in [-0.15, -0.1) is 10.2 Å². The molecular weight excluding hydrogens is 1030 g/mol. The number of aryl methyl sites for hydroxylation is 1. The van der Waals surface area contributed by atoms with Crippen LogP contribution >= 0.6 is 11.8 Å². The second-order valence-electron chi connectivity index (χ2n) is 17.8. The fraction of sp³-hybridized carbons (Fsp3) is 0.837. The summed E-state index contributed by atoms with van der Waals surface area (Å²) in [5.74, 6) is 0.732. The molecule has 3 atom stereocenters. The normalized spacial score (nSPS) is 16.0. The zero-order valence-corrected chi connectivity index (χ0v) is 46.3. The number of amides is 5. The Morgan fingerprint density at radius 2 is 1.06 bits per heavy atom. The molecule has 4 heterocycles. The van der Waals surface area contributed by atoms with Crippen LogP contribution in [-0.2, 0) is 86.1 Å². The fourth-order valence-electron chi connectivity index (χ4n) is 7.57. The van der Waals surface area contributed by atoms with E-state index in [9.17, 15) is 19.2 Å². The van der Waals surface area contributed by atoms with Crippen LogP contribution in [0.15, 0.2) is 12.4 Å². The van der Waals surface area contributed by atoms with Gasteiger partial charge in [0, 0.05) is 69.7 Å². The molecule has 5 amide bonds. The molecule has 0 aromatic carbocycles. The van der Waals surface area contributed by atoms with Crippen molar-refractivity contribution < 1.29 is 71.3 Å². The van der Waals surface area contributed by atoms with Crippen molar-refractivity contribution in [1.29, 1.82) is 0 Å². The molecule has 27 nitrogen and oxygen atoms in total. The smallest absolute Gasteiger partial charge is 0.315 e. The first-order valence-corrected chi connectivity index (χ1v) is 28.1. The molecule has 2 aliphatic heterocycles. The highest BCUT2D eigenvalue weighted by Gasteiger charge is 2.42. The van der Waals surface area contributed by atoms with Crippen molar-refractivity contribution in [2.75, 3.05) is 184 Å². The standard InChI is InChI=1S/C49H88N12O15S/c1-41-38-60(57-55-41)13-21-72-29-35-75-33-27-70-19-11-59(10-18-69-26-32-74-31-24-66-15-7-45(62)50-2)12-20-71-28-34-76-36-30-73-22-14-61-39-42(56-58-61)37-52-47(64)8-16-67-23-25-68-17-9-51-46(63)6-4-3-5-44-48-43(40-77-44)53-49(65)54-48/h38-39,43-44,48H,3-37,40H2,1-2H3,(H,50,62)(H,51,63)(H,52,64)(H2,53,54,65). The number of nitrogens with one attached hydrogen (secondary N) is 5. The van der Waals surface area contributed by atoms with Gasteiger partial charge in [-0.1, -0.05) is 16.8 Å². The number of thioether (sulfide) groups is 1. The number of fused-ring (bicyclic) bond motifs is 1. The minimum atomic E-state index is -0.159. The Bertz CT molecular complexity index is 1840. The summed E-state index contributed by atoms with van der Waals surface area (Å²) in [6.07, 6.45) is 7.38. The van der Waals surface area contributed by atoms with Crippen LogP contribution in [-0.4, -0.2) is 260 Å². The average Bonchev–Trinajstić information content (AvgIpc) is 4.25. The van der Waals surface area contributed by atoms with Gasteiger partial charge in [0.1, 0.15) is 5.69 Å². The Labute approximate surface area is 457 Å². The molecule has 2 aromatic rings. The van der Waals surface area contributed by atoms with Gasteiger partial charge >= 0.3 is 6.03 Å². The van der Waals surface area contributed by atoms with E-state index < -0.39 is 0 Å². The Kier molecular flexibility index (Phi) is 37.1. The van der Waals surface area contributed by atoms with E-state index in [0.717, 1.165) is 30.7 Å². The third-order valence-electron chi connectivity index (χ3n) is 11.8. The Hall–Kier alpha value is -4.17. The summed E-state index contributed by atoms with van der Waals surface area (Å²) in [7, 11) is 1.60. The van der Waals surface area contributed by atoms with Crippen LogP contribution in [0.5, 0.6) is 0 Å². The van der Waals surface area contributed by atoms with Crippen molar-refractivity contribution in [1.82, 2.24) is 61.5 Å².